The minimum Gasteiger partial charge on any atom is -0.207 e. The summed E-state index contributed by atoms with van der Waals surface area (Å²) in [6.45, 7) is 8.16. The molecule has 0 fully saturated rings. The monoisotopic (exact) mass is 317 g/mol. The van der Waals surface area contributed by atoms with Crippen LogP contribution < -0.4 is 0 Å². The van der Waals surface area contributed by atoms with E-state index in [9.17, 15) is 8.42 Å². The topological polar surface area (TPSA) is 37.4 Å². The Morgan fingerprint density at radius 1 is 1.20 bits per heavy atom. The highest BCUT2D eigenvalue weighted by atomic mass is 35.5. The van der Waals surface area contributed by atoms with Crippen molar-refractivity contribution in [3.8, 4) is 0 Å². The molecule has 0 saturated heterocycles. The molecule has 1 rings (SSSR count). The van der Waals surface area contributed by atoms with Gasteiger partial charge >= 0.3 is 0 Å². The summed E-state index contributed by atoms with van der Waals surface area (Å²) in [6, 6.07) is 5.44. The van der Waals surface area contributed by atoms with Crippen molar-refractivity contribution in [3.05, 3.63) is 29.3 Å². The van der Waals surface area contributed by atoms with Crippen LogP contribution in [0.4, 0.5) is 0 Å². The molecule has 0 aromatic heterocycles. The fourth-order valence-corrected chi connectivity index (χ4v) is 4.76. The second kappa shape index (κ2) is 7.43. The molecule has 0 aliphatic carbocycles. The van der Waals surface area contributed by atoms with Gasteiger partial charge in [-0.3, -0.25) is 0 Å². The van der Waals surface area contributed by atoms with Gasteiger partial charge in [-0.2, -0.15) is 4.31 Å². The molecule has 0 amide bonds. The Labute approximate surface area is 128 Å². The Bertz CT molecular complexity index is 539. The van der Waals surface area contributed by atoms with Crippen LogP contribution in [0.15, 0.2) is 23.1 Å². The van der Waals surface area contributed by atoms with E-state index in [1.807, 2.05) is 39.8 Å². The molecule has 114 valence electrons. The van der Waals surface area contributed by atoms with Crippen molar-refractivity contribution in [1.82, 2.24) is 4.31 Å². The average molecular weight is 318 g/mol. The van der Waals surface area contributed by atoms with Crippen molar-refractivity contribution in [2.75, 3.05) is 12.4 Å². The van der Waals surface area contributed by atoms with Crippen LogP contribution in [0.3, 0.4) is 0 Å². The zero-order valence-electron chi connectivity index (χ0n) is 12.7. The quantitative estimate of drug-likeness (QED) is 0.719. The molecule has 5 heteroatoms. The molecule has 0 saturated carbocycles. The third kappa shape index (κ3) is 3.74. The van der Waals surface area contributed by atoms with Gasteiger partial charge in [-0.15, -0.1) is 11.6 Å². The van der Waals surface area contributed by atoms with Crippen molar-refractivity contribution in [2.24, 2.45) is 0 Å². The van der Waals surface area contributed by atoms with Crippen LogP contribution in [-0.2, 0) is 10.0 Å². The van der Waals surface area contributed by atoms with Crippen molar-refractivity contribution >= 4 is 21.6 Å². The van der Waals surface area contributed by atoms with Crippen molar-refractivity contribution < 1.29 is 8.42 Å². The number of sulfonamides is 1. The number of nitrogens with zero attached hydrogens (tertiary/aromatic N) is 1. The summed E-state index contributed by atoms with van der Waals surface area (Å²) < 4.78 is 27.3. The van der Waals surface area contributed by atoms with Crippen molar-refractivity contribution in [3.63, 3.8) is 0 Å². The van der Waals surface area contributed by atoms with Crippen molar-refractivity contribution in [2.45, 2.75) is 51.5 Å². The first-order chi connectivity index (χ1) is 9.38. The standard InChI is InChI=1S/C15H24ClNO2S/c1-5-14(6-2)17(10-9-16)20(18,19)15-8-7-12(3)11-13(15)4/h7-8,11,14H,5-6,9-10H2,1-4H3. The zero-order chi connectivity index (χ0) is 15.3. The molecular formula is C15H24ClNO2S. The maximum Gasteiger partial charge on any atom is 0.243 e. The Kier molecular flexibility index (Phi) is 6.49. The lowest BCUT2D eigenvalue weighted by Gasteiger charge is -2.29. The molecule has 3 nitrogen and oxygen atoms in total. The molecule has 0 bridgehead atoms. The number of rotatable bonds is 7. The lowest BCUT2D eigenvalue weighted by Crippen LogP contribution is -2.41. The molecule has 0 atom stereocenters. The average Bonchev–Trinajstić information content (AvgIpc) is 2.38. The van der Waals surface area contributed by atoms with E-state index in [1.54, 1.807) is 10.4 Å². The molecule has 0 heterocycles. The number of hydrogen-bond donors (Lipinski definition) is 0. The SMILES string of the molecule is CCC(CC)N(CCCl)S(=O)(=O)c1ccc(C)cc1C. The predicted octanol–water partition coefficient (Wildman–Crippen LogP) is 3.72. The van der Waals surface area contributed by atoms with Gasteiger partial charge in [-0.05, 0) is 38.3 Å². The first-order valence-electron chi connectivity index (χ1n) is 7.03. The van der Waals surface area contributed by atoms with Gasteiger partial charge in [-0.25, -0.2) is 8.42 Å². The van der Waals surface area contributed by atoms with Gasteiger partial charge in [0.15, 0.2) is 0 Å². The van der Waals surface area contributed by atoms with Gasteiger partial charge in [0, 0.05) is 18.5 Å². The van der Waals surface area contributed by atoms with Crippen LogP contribution in [0.2, 0.25) is 0 Å². The molecule has 20 heavy (non-hydrogen) atoms. The van der Waals surface area contributed by atoms with Crippen LogP contribution in [0.1, 0.15) is 37.8 Å². The largest absolute Gasteiger partial charge is 0.243 e. The second-order valence-corrected chi connectivity index (χ2v) is 7.28. The minimum atomic E-state index is -3.49. The van der Waals surface area contributed by atoms with E-state index in [2.05, 4.69) is 0 Å². The highest BCUT2D eigenvalue weighted by molar-refractivity contribution is 7.89. The first kappa shape index (κ1) is 17.5. The molecule has 0 spiro atoms. The summed E-state index contributed by atoms with van der Waals surface area (Å²) in [7, 11) is -3.49. The highest BCUT2D eigenvalue weighted by Gasteiger charge is 2.30. The van der Waals surface area contributed by atoms with E-state index >= 15 is 0 Å². The Morgan fingerprint density at radius 3 is 2.25 bits per heavy atom. The molecule has 0 aliphatic heterocycles. The number of hydrogen-bond acceptors (Lipinski definition) is 2. The van der Waals surface area contributed by atoms with E-state index in [0.29, 0.717) is 17.3 Å². The van der Waals surface area contributed by atoms with Crippen LogP contribution in [-0.4, -0.2) is 31.2 Å². The smallest absolute Gasteiger partial charge is 0.207 e. The van der Waals surface area contributed by atoms with Gasteiger partial charge in [0.25, 0.3) is 0 Å². The minimum absolute atomic E-state index is 0.000506. The maximum absolute atomic E-state index is 12.9. The van der Waals surface area contributed by atoms with E-state index < -0.39 is 10.0 Å². The number of aryl methyl sites for hydroxylation is 2. The summed E-state index contributed by atoms with van der Waals surface area (Å²) in [6.07, 6.45) is 1.58. The summed E-state index contributed by atoms with van der Waals surface area (Å²) in [4.78, 5) is 0.389. The Morgan fingerprint density at radius 2 is 1.80 bits per heavy atom. The lowest BCUT2D eigenvalue weighted by molar-refractivity contribution is 0.316. The number of benzene rings is 1. The highest BCUT2D eigenvalue weighted by Crippen LogP contribution is 2.24. The van der Waals surface area contributed by atoms with Crippen LogP contribution in [0.25, 0.3) is 0 Å². The van der Waals surface area contributed by atoms with Gasteiger partial charge in [0.05, 0.1) is 4.90 Å². The molecule has 0 radical (unpaired) electrons. The fourth-order valence-electron chi connectivity index (χ4n) is 2.49. The van der Waals surface area contributed by atoms with E-state index in [0.717, 1.165) is 24.0 Å². The fraction of sp³-hybridized carbons (Fsp3) is 0.600. The van der Waals surface area contributed by atoms with Crippen molar-refractivity contribution in [1.29, 1.82) is 0 Å². The number of halogens is 1. The molecule has 0 unspecified atom stereocenters. The van der Waals surface area contributed by atoms with Crippen LogP contribution >= 0.6 is 11.6 Å². The third-order valence-corrected chi connectivity index (χ3v) is 5.85. The molecule has 1 aromatic rings. The zero-order valence-corrected chi connectivity index (χ0v) is 14.3. The number of alkyl halides is 1. The molecule has 0 N–H and O–H groups in total. The predicted molar refractivity (Wildman–Crippen MR) is 84.9 cm³/mol. The summed E-state index contributed by atoms with van der Waals surface area (Å²) >= 11 is 5.81. The lowest BCUT2D eigenvalue weighted by atomic mass is 10.2. The normalized spacial score (nSPS) is 12.3. The van der Waals surface area contributed by atoms with Gasteiger partial charge in [0.2, 0.25) is 10.0 Å². The molecule has 1 aromatic carbocycles. The summed E-state index contributed by atoms with van der Waals surface area (Å²) in [5.74, 6) is 0.306. The van der Waals surface area contributed by atoms with E-state index in [4.69, 9.17) is 11.6 Å². The van der Waals surface area contributed by atoms with Crippen LogP contribution in [0.5, 0.6) is 0 Å². The van der Waals surface area contributed by atoms with E-state index in [-0.39, 0.29) is 6.04 Å². The summed E-state index contributed by atoms with van der Waals surface area (Å²) in [5, 5.41) is 0. The molecular weight excluding hydrogens is 294 g/mol. The van der Waals surface area contributed by atoms with Gasteiger partial charge in [0.1, 0.15) is 0 Å². The Balaban J connectivity index is 3.28. The van der Waals surface area contributed by atoms with Gasteiger partial charge in [-0.1, -0.05) is 31.5 Å². The third-order valence-electron chi connectivity index (χ3n) is 3.57. The van der Waals surface area contributed by atoms with Crippen LogP contribution in [0, 0.1) is 13.8 Å². The second-order valence-electron chi connectivity index (χ2n) is 5.04. The molecule has 0 aliphatic rings. The van der Waals surface area contributed by atoms with E-state index in [1.165, 1.54) is 0 Å². The maximum atomic E-state index is 12.9. The first-order valence-corrected chi connectivity index (χ1v) is 9.01. The van der Waals surface area contributed by atoms with Gasteiger partial charge < -0.3 is 0 Å². The Hall–Kier alpha value is -0.580. The summed E-state index contributed by atoms with van der Waals surface area (Å²) in [5.41, 5.74) is 1.85.